The number of ether oxygens (including phenoxy) is 1. The average Bonchev–Trinajstić information content (AvgIpc) is 2.54. The summed E-state index contributed by atoms with van der Waals surface area (Å²) in [5, 5.41) is 0. The number of nitrogens with two attached hydrogens (primary N) is 1. The van der Waals surface area contributed by atoms with Crippen LogP contribution >= 0.6 is 0 Å². The zero-order chi connectivity index (χ0) is 17.9. The molecule has 0 spiro atoms. The number of primary amides is 1. The molecule has 0 heterocycles. The Balaban J connectivity index is 2.41. The van der Waals surface area contributed by atoms with Crippen molar-refractivity contribution in [2.24, 2.45) is 5.73 Å². The molecule has 0 aromatic heterocycles. The lowest BCUT2D eigenvalue weighted by atomic mass is 10.2. The van der Waals surface area contributed by atoms with E-state index < -0.39 is 16.0 Å². The van der Waals surface area contributed by atoms with Gasteiger partial charge < -0.3 is 14.7 Å². The van der Waals surface area contributed by atoms with Crippen molar-refractivity contribution in [3.05, 3.63) is 53.6 Å². The van der Waals surface area contributed by atoms with Crippen LogP contribution in [0.3, 0.4) is 0 Å². The Morgan fingerprint density at radius 3 is 2.17 bits per heavy atom. The van der Waals surface area contributed by atoms with E-state index in [4.69, 9.17) is 14.7 Å². The summed E-state index contributed by atoms with van der Waals surface area (Å²) in [6.45, 7) is 1.37. The maximum Gasteiger partial charge on any atom is 0.339 e. The van der Waals surface area contributed by atoms with Gasteiger partial charge in [0.2, 0.25) is 0 Å². The second-order valence-corrected chi connectivity index (χ2v) is 6.39. The molecule has 24 heavy (non-hydrogen) atoms. The van der Waals surface area contributed by atoms with E-state index in [0.29, 0.717) is 11.3 Å². The maximum absolute atomic E-state index is 12.4. The molecule has 2 aromatic rings. The second kappa shape index (κ2) is 6.71. The van der Waals surface area contributed by atoms with Crippen LogP contribution in [-0.2, 0) is 10.1 Å². The minimum atomic E-state index is -4.21. The lowest BCUT2D eigenvalue weighted by molar-refractivity contribution is 0.0994. The van der Waals surface area contributed by atoms with E-state index in [1.165, 1.54) is 56.5 Å². The molecule has 2 aromatic carbocycles. The fraction of sp³-hybridized carbons (Fsp3) is 0.125. The van der Waals surface area contributed by atoms with Gasteiger partial charge in [0.25, 0.3) is 5.91 Å². The van der Waals surface area contributed by atoms with E-state index in [0.717, 1.165) is 0 Å². The molecule has 126 valence electrons. The van der Waals surface area contributed by atoms with Gasteiger partial charge in [-0.05, 0) is 31.2 Å². The highest BCUT2D eigenvalue weighted by atomic mass is 32.2. The van der Waals surface area contributed by atoms with Gasteiger partial charge in [-0.1, -0.05) is 12.1 Å². The van der Waals surface area contributed by atoms with Crippen LogP contribution in [0.4, 0.5) is 0 Å². The lowest BCUT2D eigenvalue weighted by Crippen LogP contribution is -2.16. The van der Waals surface area contributed by atoms with Crippen LogP contribution in [0, 0.1) is 0 Å². The third-order valence-electron chi connectivity index (χ3n) is 3.20. The van der Waals surface area contributed by atoms with Gasteiger partial charge >= 0.3 is 10.1 Å². The Hall–Kier alpha value is -2.87. The highest BCUT2D eigenvalue weighted by Crippen LogP contribution is 2.27. The summed E-state index contributed by atoms with van der Waals surface area (Å²) < 4.78 is 34.7. The number of amides is 1. The first-order valence-electron chi connectivity index (χ1n) is 6.78. The number of rotatable bonds is 6. The fourth-order valence-corrected chi connectivity index (χ4v) is 2.86. The van der Waals surface area contributed by atoms with E-state index in [9.17, 15) is 18.0 Å². The normalized spacial score (nSPS) is 10.9. The Morgan fingerprint density at radius 1 is 1.04 bits per heavy atom. The molecule has 0 aliphatic rings. The number of carbonyl (C=O) groups is 2. The number of Topliss-reactive ketones (excluding diaryl/α,β-unsaturated/α-hetero) is 1. The first-order valence-corrected chi connectivity index (χ1v) is 8.19. The van der Waals surface area contributed by atoms with Crippen LogP contribution in [-0.4, -0.2) is 27.2 Å². The molecule has 1 amide bonds. The van der Waals surface area contributed by atoms with Crippen molar-refractivity contribution in [2.75, 3.05) is 7.11 Å². The third kappa shape index (κ3) is 3.72. The van der Waals surface area contributed by atoms with Crippen molar-refractivity contribution in [1.82, 2.24) is 0 Å². The summed E-state index contributed by atoms with van der Waals surface area (Å²) in [5.74, 6) is -0.965. The standard InChI is InChI=1S/C16H15NO6S/c1-10(18)11-3-6-13(7-4-11)24(20,21)23-15-9-12(22-2)5-8-14(15)16(17)19/h3-9H,1-2H3,(H2,17,19). The van der Waals surface area contributed by atoms with Gasteiger partial charge in [-0.15, -0.1) is 0 Å². The van der Waals surface area contributed by atoms with Gasteiger partial charge in [0.05, 0.1) is 12.7 Å². The Labute approximate surface area is 139 Å². The molecule has 0 saturated heterocycles. The minimum Gasteiger partial charge on any atom is -0.497 e. The molecule has 2 rings (SSSR count). The van der Waals surface area contributed by atoms with Crippen molar-refractivity contribution < 1.29 is 26.9 Å². The first-order chi connectivity index (χ1) is 11.2. The molecular weight excluding hydrogens is 334 g/mol. The van der Waals surface area contributed by atoms with Crippen molar-refractivity contribution in [2.45, 2.75) is 11.8 Å². The Kier molecular flexibility index (Phi) is 4.89. The monoisotopic (exact) mass is 349 g/mol. The number of carbonyl (C=O) groups excluding carboxylic acids is 2. The number of hydrogen-bond donors (Lipinski definition) is 1. The molecule has 0 saturated carbocycles. The van der Waals surface area contributed by atoms with Gasteiger partial charge in [0, 0.05) is 11.6 Å². The van der Waals surface area contributed by atoms with Crippen LogP contribution in [0.1, 0.15) is 27.6 Å². The molecule has 2 N–H and O–H groups in total. The largest absolute Gasteiger partial charge is 0.497 e. The molecule has 7 nitrogen and oxygen atoms in total. The maximum atomic E-state index is 12.4. The number of methoxy groups -OCH3 is 1. The highest BCUT2D eigenvalue weighted by Gasteiger charge is 2.21. The summed E-state index contributed by atoms with van der Waals surface area (Å²) in [4.78, 5) is 22.5. The fourth-order valence-electron chi connectivity index (χ4n) is 1.92. The quantitative estimate of drug-likeness (QED) is 0.628. The topological polar surface area (TPSA) is 113 Å². The van der Waals surface area contributed by atoms with E-state index in [-0.39, 0.29) is 22.0 Å². The number of benzene rings is 2. The van der Waals surface area contributed by atoms with Gasteiger partial charge in [-0.25, -0.2) is 0 Å². The molecule has 0 unspecified atom stereocenters. The summed E-state index contributed by atoms with van der Waals surface area (Å²) in [6.07, 6.45) is 0. The van der Waals surface area contributed by atoms with E-state index in [1.807, 2.05) is 0 Å². The van der Waals surface area contributed by atoms with Crippen LogP contribution in [0.2, 0.25) is 0 Å². The zero-order valence-corrected chi connectivity index (χ0v) is 13.8. The van der Waals surface area contributed by atoms with Crippen LogP contribution < -0.4 is 14.7 Å². The van der Waals surface area contributed by atoms with Gasteiger partial charge in [0.15, 0.2) is 11.5 Å². The predicted molar refractivity (Wildman–Crippen MR) is 85.8 cm³/mol. The predicted octanol–water partition coefficient (Wildman–Crippen LogP) is 1.76. The molecule has 0 atom stereocenters. The SMILES string of the molecule is COc1ccc(C(N)=O)c(OS(=O)(=O)c2ccc(C(C)=O)cc2)c1. The molecule has 0 fully saturated rings. The van der Waals surface area contributed by atoms with Crippen molar-refractivity contribution in [1.29, 1.82) is 0 Å². The van der Waals surface area contributed by atoms with Crippen LogP contribution in [0.15, 0.2) is 47.4 Å². The molecule has 0 aliphatic heterocycles. The van der Waals surface area contributed by atoms with E-state index in [2.05, 4.69) is 0 Å². The average molecular weight is 349 g/mol. The lowest BCUT2D eigenvalue weighted by Gasteiger charge is -2.11. The molecule has 0 bridgehead atoms. The molecule has 0 radical (unpaired) electrons. The molecule has 8 heteroatoms. The summed E-state index contributed by atoms with van der Waals surface area (Å²) in [5.41, 5.74) is 5.50. The van der Waals surface area contributed by atoms with Crippen molar-refractivity contribution >= 4 is 21.8 Å². The summed E-state index contributed by atoms with van der Waals surface area (Å²) in [7, 11) is -2.82. The van der Waals surface area contributed by atoms with Crippen molar-refractivity contribution in [3.63, 3.8) is 0 Å². The van der Waals surface area contributed by atoms with Crippen molar-refractivity contribution in [3.8, 4) is 11.5 Å². The molecule has 0 aliphatic carbocycles. The third-order valence-corrected chi connectivity index (χ3v) is 4.45. The smallest absolute Gasteiger partial charge is 0.339 e. The van der Waals surface area contributed by atoms with Crippen LogP contribution in [0.25, 0.3) is 0 Å². The first kappa shape index (κ1) is 17.5. The second-order valence-electron chi connectivity index (χ2n) is 4.84. The Bertz CT molecular complexity index is 887. The van der Waals surface area contributed by atoms with Gasteiger partial charge in [-0.2, -0.15) is 8.42 Å². The minimum absolute atomic E-state index is 0.0975. The summed E-state index contributed by atoms with van der Waals surface area (Å²) >= 11 is 0. The van der Waals surface area contributed by atoms with E-state index in [1.54, 1.807) is 0 Å². The Morgan fingerprint density at radius 2 is 1.67 bits per heavy atom. The van der Waals surface area contributed by atoms with Gasteiger partial charge in [-0.3, -0.25) is 9.59 Å². The zero-order valence-electron chi connectivity index (χ0n) is 13.0. The highest BCUT2D eigenvalue weighted by molar-refractivity contribution is 7.87. The number of hydrogen-bond acceptors (Lipinski definition) is 6. The number of ketones is 1. The van der Waals surface area contributed by atoms with Crippen LogP contribution in [0.5, 0.6) is 11.5 Å². The van der Waals surface area contributed by atoms with E-state index >= 15 is 0 Å². The van der Waals surface area contributed by atoms with Gasteiger partial charge in [0.1, 0.15) is 10.6 Å². The summed E-state index contributed by atoms with van der Waals surface area (Å²) in [6, 6.07) is 9.26. The molecular formula is C16H15NO6S.